The van der Waals surface area contributed by atoms with E-state index in [2.05, 4.69) is 16.0 Å². The van der Waals surface area contributed by atoms with Crippen molar-refractivity contribution < 1.29 is 28.7 Å². The molecular weight excluding hydrogens is 524 g/mol. The van der Waals surface area contributed by atoms with Crippen molar-refractivity contribution in [3.63, 3.8) is 0 Å². The van der Waals surface area contributed by atoms with Gasteiger partial charge in [-0.25, -0.2) is 4.79 Å². The summed E-state index contributed by atoms with van der Waals surface area (Å²) in [6.45, 7) is 11.2. The van der Waals surface area contributed by atoms with Gasteiger partial charge in [0.1, 0.15) is 12.1 Å². The maximum atomic E-state index is 13.8. The van der Waals surface area contributed by atoms with Crippen molar-refractivity contribution in [3.8, 4) is 0 Å². The lowest BCUT2D eigenvalue weighted by Gasteiger charge is -2.32. The van der Waals surface area contributed by atoms with Crippen LogP contribution in [0.5, 0.6) is 0 Å². The quantitative estimate of drug-likeness (QED) is 0.330. The average molecular weight is 571 g/mol. The zero-order valence-electron chi connectivity index (χ0n) is 25.1. The van der Waals surface area contributed by atoms with E-state index in [1.54, 1.807) is 25.7 Å². The van der Waals surface area contributed by atoms with E-state index < -0.39 is 41.8 Å². The molecule has 1 aliphatic carbocycles. The standard InChI is InChI=1S/C31H46N4O6/c1-7-12-24(27(36)29(38)32-20(6)21-13-9-8-10-14-21)33-28(37)26-23-16-11-15-22(23)17-35(26)30(39)25(18(2)3)34-31(40)41-19(4)5/h8-10,13-14,18-20,22-26H,7,11-12,15-17H2,1-6H3,(H,32,38)(H,33,37)(H,34,40)/t20-,22-,23-,24-,25-,26-/m0/s1. The molecule has 0 radical (unpaired) electrons. The summed E-state index contributed by atoms with van der Waals surface area (Å²) in [6, 6.07) is 6.29. The topological polar surface area (TPSA) is 134 Å². The van der Waals surface area contributed by atoms with Gasteiger partial charge in [-0.15, -0.1) is 0 Å². The van der Waals surface area contributed by atoms with E-state index in [4.69, 9.17) is 4.74 Å². The Morgan fingerprint density at radius 1 is 0.951 bits per heavy atom. The average Bonchev–Trinajstić information content (AvgIpc) is 3.52. The molecule has 1 saturated carbocycles. The van der Waals surface area contributed by atoms with Gasteiger partial charge in [0, 0.05) is 6.54 Å². The van der Waals surface area contributed by atoms with Crippen LogP contribution in [-0.2, 0) is 23.9 Å². The molecule has 1 aliphatic heterocycles. The van der Waals surface area contributed by atoms with Crippen molar-refractivity contribution in [2.24, 2.45) is 17.8 Å². The number of likely N-dealkylation sites (tertiary alicyclic amines) is 1. The number of Topliss-reactive ketones (excluding diaryl/α,β-unsaturated/α-hetero) is 1. The molecule has 4 amide bonds. The number of ketones is 1. The van der Waals surface area contributed by atoms with Crippen LogP contribution in [0.4, 0.5) is 4.79 Å². The Bertz CT molecular complexity index is 1090. The van der Waals surface area contributed by atoms with Crippen molar-refractivity contribution in [2.75, 3.05) is 6.54 Å². The molecule has 2 aliphatic rings. The molecule has 6 atom stereocenters. The van der Waals surface area contributed by atoms with Crippen LogP contribution >= 0.6 is 0 Å². The van der Waals surface area contributed by atoms with E-state index >= 15 is 0 Å². The van der Waals surface area contributed by atoms with Gasteiger partial charge in [-0.1, -0.05) is 63.9 Å². The number of carbonyl (C=O) groups excluding carboxylic acids is 5. The maximum Gasteiger partial charge on any atom is 0.408 e. The molecule has 3 N–H and O–H groups in total. The van der Waals surface area contributed by atoms with Crippen LogP contribution in [0.25, 0.3) is 0 Å². The summed E-state index contributed by atoms with van der Waals surface area (Å²) in [5.41, 5.74) is 0.864. The summed E-state index contributed by atoms with van der Waals surface area (Å²) < 4.78 is 5.20. The highest BCUT2D eigenvalue weighted by Gasteiger charge is 2.51. The van der Waals surface area contributed by atoms with E-state index in [1.807, 2.05) is 51.1 Å². The molecule has 1 saturated heterocycles. The molecule has 1 heterocycles. The van der Waals surface area contributed by atoms with E-state index in [0.29, 0.717) is 19.4 Å². The molecule has 0 unspecified atom stereocenters. The fraction of sp³-hybridized carbons (Fsp3) is 0.645. The monoisotopic (exact) mass is 570 g/mol. The van der Waals surface area contributed by atoms with E-state index in [-0.39, 0.29) is 35.8 Å². The summed E-state index contributed by atoms with van der Waals surface area (Å²) >= 11 is 0. The largest absolute Gasteiger partial charge is 0.447 e. The first-order valence-electron chi connectivity index (χ1n) is 14.9. The first-order chi connectivity index (χ1) is 19.4. The summed E-state index contributed by atoms with van der Waals surface area (Å²) in [7, 11) is 0. The van der Waals surface area contributed by atoms with Crippen molar-refractivity contribution in [1.82, 2.24) is 20.9 Å². The van der Waals surface area contributed by atoms with Crippen LogP contribution in [0.1, 0.15) is 85.3 Å². The van der Waals surface area contributed by atoms with Crippen LogP contribution in [0.15, 0.2) is 30.3 Å². The number of hydrogen-bond donors (Lipinski definition) is 3. The molecule has 3 rings (SSSR count). The Morgan fingerprint density at radius 3 is 2.24 bits per heavy atom. The van der Waals surface area contributed by atoms with Gasteiger partial charge in [-0.2, -0.15) is 0 Å². The second kappa shape index (κ2) is 14.5. The Balaban J connectivity index is 1.76. The molecule has 41 heavy (non-hydrogen) atoms. The molecule has 1 aromatic rings. The van der Waals surface area contributed by atoms with Gasteiger partial charge in [0.05, 0.1) is 18.2 Å². The van der Waals surface area contributed by atoms with Gasteiger partial charge in [-0.05, 0) is 63.4 Å². The third-order valence-corrected chi connectivity index (χ3v) is 8.07. The van der Waals surface area contributed by atoms with Crippen molar-refractivity contribution in [1.29, 1.82) is 0 Å². The lowest BCUT2D eigenvalue weighted by Crippen LogP contribution is -2.58. The minimum absolute atomic E-state index is 0.0429. The number of nitrogens with zero attached hydrogens (tertiary/aromatic N) is 1. The first-order valence-corrected chi connectivity index (χ1v) is 14.9. The Hall–Kier alpha value is -3.43. The fourth-order valence-corrected chi connectivity index (χ4v) is 6.00. The third-order valence-electron chi connectivity index (χ3n) is 8.07. The van der Waals surface area contributed by atoms with Crippen LogP contribution in [-0.4, -0.2) is 65.3 Å². The van der Waals surface area contributed by atoms with E-state index in [9.17, 15) is 24.0 Å². The number of hydrogen-bond acceptors (Lipinski definition) is 6. The highest BCUT2D eigenvalue weighted by Crippen LogP contribution is 2.42. The lowest BCUT2D eigenvalue weighted by atomic mass is 9.92. The van der Waals surface area contributed by atoms with Gasteiger partial charge < -0.3 is 25.6 Å². The minimum Gasteiger partial charge on any atom is -0.447 e. The molecule has 1 aromatic carbocycles. The highest BCUT2D eigenvalue weighted by molar-refractivity contribution is 6.38. The molecule has 0 spiro atoms. The maximum absolute atomic E-state index is 13.8. The lowest BCUT2D eigenvalue weighted by molar-refractivity contribution is -0.144. The number of ether oxygens (including phenoxy) is 1. The van der Waals surface area contributed by atoms with E-state index in [1.165, 1.54) is 0 Å². The third kappa shape index (κ3) is 8.07. The zero-order chi connectivity index (χ0) is 30.3. The Morgan fingerprint density at radius 2 is 1.63 bits per heavy atom. The van der Waals surface area contributed by atoms with Crippen molar-refractivity contribution in [2.45, 2.75) is 104 Å². The molecule has 10 heteroatoms. The predicted molar refractivity (Wildman–Crippen MR) is 155 cm³/mol. The number of nitrogens with one attached hydrogen (secondary N) is 3. The summed E-state index contributed by atoms with van der Waals surface area (Å²) in [6.07, 6.45) is 2.51. The number of amides is 4. The first kappa shape index (κ1) is 32.1. The Labute approximate surface area is 243 Å². The Kier molecular flexibility index (Phi) is 11.3. The van der Waals surface area contributed by atoms with Crippen LogP contribution < -0.4 is 16.0 Å². The van der Waals surface area contributed by atoms with Crippen LogP contribution in [0, 0.1) is 17.8 Å². The molecule has 0 bridgehead atoms. The second-order valence-corrected chi connectivity index (χ2v) is 11.9. The van der Waals surface area contributed by atoms with E-state index in [0.717, 1.165) is 24.8 Å². The molecular formula is C31H46N4O6. The predicted octanol–water partition coefficient (Wildman–Crippen LogP) is 3.50. The highest BCUT2D eigenvalue weighted by atomic mass is 16.6. The smallest absolute Gasteiger partial charge is 0.408 e. The van der Waals surface area contributed by atoms with Gasteiger partial charge in [0.15, 0.2) is 0 Å². The molecule has 0 aromatic heterocycles. The molecule has 10 nitrogen and oxygen atoms in total. The summed E-state index contributed by atoms with van der Waals surface area (Å²) in [5.74, 6) is -2.36. The van der Waals surface area contributed by atoms with Crippen molar-refractivity contribution >= 4 is 29.6 Å². The van der Waals surface area contributed by atoms with Gasteiger partial charge in [-0.3, -0.25) is 19.2 Å². The fourth-order valence-electron chi connectivity index (χ4n) is 6.00. The number of fused-ring (bicyclic) bond motifs is 1. The summed E-state index contributed by atoms with van der Waals surface area (Å²) in [4.78, 5) is 67.7. The van der Waals surface area contributed by atoms with Crippen LogP contribution in [0.2, 0.25) is 0 Å². The second-order valence-electron chi connectivity index (χ2n) is 11.9. The minimum atomic E-state index is -1.01. The normalized spacial score (nSPS) is 22.0. The van der Waals surface area contributed by atoms with Gasteiger partial charge in [0.25, 0.3) is 5.91 Å². The number of carbonyl (C=O) groups is 5. The zero-order valence-corrected chi connectivity index (χ0v) is 25.1. The molecule has 2 fully saturated rings. The SMILES string of the molecule is CCC[C@H](NC(=O)[C@@H]1[C@H]2CCC[C@H]2CN1C(=O)[C@@H](NC(=O)OC(C)C)C(C)C)C(=O)C(=O)N[C@@H](C)c1ccccc1. The van der Waals surface area contributed by atoms with Crippen LogP contribution in [0.3, 0.4) is 0 Å². The number of rotatable bonds is 12. The number of alkyl carbamates (subject to hydrolysis) is 1. The summed E-state index contributed by atoms with van der Waals surface area (Å²) in [5, 5.41) is 8.26. The van der Waals surface area contributed by atoms with Crippen molar-refractivity contribution in [3.05, 3.63) is 35.9 Å². The number of benzene rings is 1. The van der Waals surface area contributed by atoms with Gasteiger partial charge >= 0.3 is 6.09 Å². The van der Waals surface area contributed by atoms with Gasteiger partial charge in [0.2, 0.25) is 17.6 Å². The molecule has 226 valence electrons.